The minimum Gasteiger partial charge on any atom is -0.396 e. The van der Waals surface area contributed by atoms with E-state index in [1.165, 1.54) is 0 Å². The van der Waals surface area contributed by atoms with Crippen LogP contribution in [0.25, 0.3) is 0 Å². The third kappa shape index (κ3) is 3.99. The Morgan fingerprint density at radius 3 is 2.83 bits per heavy atom. The second kappa shape index (κ2) is 8.79. The summed E-state index contributed by atoms with van der Waals surface area (Å²) in [6, 6.07) is 5.54. The Hall–Kier alpha value is -2.63. The van der Waals surface area contributed by atoms with E-state index in [1.54, 1.807) is 28.9 Å². The zero-order chi connectivity index (χ0) is 25.0. The second-order valence-electron chi connectivity index (χ2n) is 10.3. The fraction of sp³-hybridized carbons (Fsp3) is 0.583. The van der Waals surface area contributed by atoms with Crippen molar-refractivity contribution in [1.82, 2.24) is 15.0 Å². The first-order valence-electron chi connectivity index (χ1n) is 12.3. The lowest BCUT2D eigenvalue weighted by Gasteiger charge is -2.31. The fourth-order valence-corrected chi connectivity index (χ4v) is 8.69. The number of nitrogens with one attached hydrogen (secondary N) is 1. The summed E-state index contributed by atoms with van der Waals surface area (Å²) in [5, 5.41) is 20.2. The van der Waals surface area contributed by atoms with Crippen LogP contribution < -0.4 is 10.2 Å². The molecule has 5 rings (SSSR count). The van der Waals surface area contributed by atoms with Crippen LogP contribution in [0, 0.1) is 5.92 Å². The normalized spacial score (nSPS) is 28.3. The van der Waals surface area contributed by atoms with Crippen molar-refractivity contribution in [2.24, 2.45) is 5.92 Å². The first-order chi connectivity index (χ1) is 16.6. The summed E-state index contributed by atoms with van der Waals surface area (Å²) < 4.78 is 24.0. The lowest BCUT2D eigenvalue weighted by Crippen LogP contribution is -2.42. The Bertz CT molecular complexity index is 1150. The van der Waals surface area contributed by atoms with Crippen molar-refractivity contribution < 1.29 is 23.5 Å². The zero-order valence-corrected chi connectivity index (χ0v) is 21.3. The molecule has 3 aliphatic heterocycles. The van der Waals surface area contributed by atoms with Gasteiger partial charge in [0.25, 0.3) is 5.91 Å². The van der Waals surface area contributed by atoms with Gasteiger partial charge in [-0.15, -0.1) is 5.10 Å². The van der Waals surface area contributed by atoms with Gasteiger partial charge in [0.2, 0.25) is 14.3 Å². The van der Waals surface area contributed by atoms with Gasteiger partial charge in [0.1, 0.15) is 0 Å². The van der Waals surface area contributed by atoms with Gasteiger partial charge >= 0.3 is 0 Å². The number of fused-ring (bicyclic) bond motifs is 2. The van der Waals surface area contributed by atoms with Gasteiger partial charge in [-0.3, -0.25) is 14.3 Å². The van der Waals surface area contributed by atoms with Crippen molar-refractivity contribution in [2.45, 2.75) is 69.5 Å². The van der Waals surface area contributed by atoms with Gasteiger partial charge in [-0.1, -0.05) is 12.1 Å². The summed E-state index contributed by atoms with van der Waals surface area (Å²) in [6.45, 7) is 6.36. The van der Waals surface area contributed by atoms with Gasteiger partial charge in [0, 0.05) is 67.1 Å². The van der Waals surface area contributed by atoms with Crippen LogP contribution in [0.1, 0.15) is 37.4 Å². The molecule has 2 saturated heterocycles. The van der Waals surface area contributed by atoms with Gasteiger partial charge in [0.05, 0.1) is 11.8 Å². The van der Waals surface area contributed by atoms with Crippen molar-refractivity contribution in [3.63, 3.8) is 0 Å². The molecular weight excluding hydrogens is 469 g/mol. The molecule has 3 aliphatic rings. The van der Waals surface area contributed by atoms with Crippen molar-refractivity contribution in [3.8, 4) is 0 Å². The van der Waals surface area contributed by atoms with Crippen LogP contribution in [-0.4, -0.2) is 59.6 Å². The monoisotopic (exact) mass is 501 g/mol. The molecule has 2 N–H and O–H groups in total. The molecule has 0 aliphatic carbocycles. The molecule has 2 amide bonds. The summed E-state index contributed by atoms with van der Waals surface area (Å²) in [7, 11) is -3.24. The molecule has 0 radical (unpaired) electrons. The highest BCUT2D eigenvalue weighted by Crippen LogP contribution is 2.59. The second-order valence-corrected chi connectivity index (χ2v) is 14.1. The summed E-state index contributed by atoms with van der Waals surface area (Å²) in [5.41, 5.74) is 1.06. The number of nitrogens with zero attached hydrogens (tertiary/aromatic N) is 4. The molecule has 1 aromatic carbocycles. The van der Waals surface area contributed by atoms with E-state index in [-0.39, 0.29) is 24.3 Å². The molecule has 1 spiro atoms. The van der Waals surface area contributed by atoms with Crippen molar-refractivity contribution in [2.75, 3.05) is 23.4 Å². The predicted molar refractivity (Wildman–Crippen MR) is 130 cm³/mol. The number of anilines is 2. The maximum atomic E-state index is 15.8. The van der Waals surface area contributed by atoms with Gasteiger partial charge in [-0.05, 0) is 44.1 Å². The minimum atomic E-state index is -3.24. The van der Waals surface area contributed by atoms with E-state index in [0.717, 1.165) is 12.1 Å². The van der Waals surface area contributed by atoms with Crippen LogP contribution in [0.15, 0.2) is 24.4 Å². The summed E-state index contributed by atoms with van der Waals surface area (Å²) in [6.07, 6.45) is 3.52. The van der Waals surface area contributed by atoms with Crippen molar-refractivity contribution in [1.29, 1.82) is 0 Å². The third-order valence-corrected chi connectivity index (χ3v) is 10.1. The lowest BCUT2D eigenvalue weighted by atomic mass is 9.82. The average molecular weight is 502 g/mol. The van der Waals surface area contributed by atoms with Crippen LogP contribution >= 0.6 is 0 Å². The topological polar surface area (TPSA) is 110 Å². The number of benzene rings is 1. The van der Waals surface area contributed by atoms with Crippen LogP contribution in [0.3, 0.4) is 0 Å². The molecule has 11 heteroatoms. The van der Waals surface area contributed by atoms with E-state index in [0.29, 0.717) is 49.3 Å². The quantitative estimate of drug-likeness (QED) is 0.446. The van der Waals surface area contributed by atoms with Gasteiger partial charge < -0.3 is 24.2 Å². The summed E-state index contributed by atoms with van der Waals surface area (Å²) >= 11 is 0. The number of carbonyl (C=O) groups excluding carboxylic acids is 2. The predicted octanol–water partition coefficient (Wildman–Crippen LogP) is 2.76. The van der Waals surface area contributed by atoms with Gasteiger partial charge in [0.15, 0.2) is 5.60 Å². The van der Waals surface area contributed by atoms with Gasteiger partial charge in [-0.2, -0.15) is 0 Å². The summed E-state index contributed by atoms with van der Waals surface area (Å²) in [5.74, 6) is -0.592. The molecule has 0 bridgehead atoms. The minimum absolute atomic E-state index is 0.00624. The number of aliphatic hydroxyl groups is 1. The van der Waals surface area contributed by atoms with E-state index in [9.17, 15) is 9.59 Å². The fourth-order valence-electron chi connectivity index (χ4n) is 6.15. The molecule has 9 nitrogen and oxygen atoms in total. The van der Waals surface area contributed by atoms with Crippen LogP contribution in [0.4, 0.5) is 15.5 Å². The van der Waals surface area contributed by atoms with E-state index >= 15 is 4.11 Å². The van der Waals surface area contributed by atoms with E-state index in [2.05, 4.69) is 15.6 Å². The smallest absolute Gasteiger partial charge is 0.261 e. The molecule has 2 fully saturated rings. The molecular formula is C24H32FN5O4Si. The Morgan fingerprint density at radius 1 is 1.34 bits per heavy atom. The van der Waals surface area contributed by atoms with Crippen molar-refractivity contribution in [3.05, 3.63) is 35.7 Å². The average Bonchev–Trinajstić information content (AvgIpc) is 3.54. The van der Waals surface area contributed by atoms with E-state index < -0.39 is 25.7 Å². The highest BCUT2D eigenvalue weighted by Gasteiger charge is 2.65. The number of rotatable bonds is 7. The number of hydrogen-bond donors (Lipinski definition) is 2. The molecule has 4 heterocycles. The Balaban J connectivity index is 1.47. The standard InChI is InChI=1S/C24H32FN5O4Si/c1-15-22(35(2,3)25)20(8-11-29-14-16(9-12-31)27-28-29)34-24(15)18-13-17(30-10-4-5-21(30)32)6-7-19(18)26-23(24)33/h6-7,13-15,20,22,31H,4-5,8-12H2,1-3H3,(H,26,33)/t15-,20+,22-,24+/m1/s1. The first-order valence-corrected chi connectivity index (χ1v) is 15.2. The lowest BCUT2D eigenvalue weighted by molar-refractivity contribution is -0.143. The molecule has 1 aromatic heterocycles. The molecule has 2 aromatic rings. The Labute approximate surface area is 204 Å². The number of aryl methyl sites for hydroxylation is 1. The van der Waals surface area contributed by atoms with E-state index in [4.69, 9.17) is 9.84 Å². The van der Waals surface area contributed by atoms with Crippen LogP contribution in [0.2, 0.25) is 18.6 Å². The molecule has 35 heavy (non-hydrogen) atoms. The number of aliphatic hydroxyl groups excluding tert-OH is 1. The Kier molecular flexibility index (Phi) is 6.05. The first kappa shape index (κ1) is 24.1. The SMILES string of the molecule is C[C@@H]1[C@@H]([Si](C)(C)F)[C@H](CCn2cc(CCO)nn2)O[C@@]12C(=O)Nc1ccc(N3CCCC3=O)cc12. The molecule has 0 saturated carbocycles. The largest absolute Gasteiger partial charge is 0.396 e. The highest BCUT2D eigenvalue weighted by atomic mass is 28.4. The van der Waals surface area contributed by atoms with Crippen LogP contribution in [-0.2, 0) is 32.9 Å². The number of amides is 2. The molecule has 188 valence electrons. The molecule has 4 atom stereocenters. The number of aromatic nitrogens is 3. The van der Waals surface area contributed by atoms with Crippen LogP contribution in [0.5, 0.6) is 0 Å². The number of halogens is 1. The van der Waals surface area contributed by atoms with Gasteiger partial charge in [-0.25, -0.2) is 0 Å². The maximum absolute atomic E-state index is 15.8. The highest BCUT2D eigenvalue weighted by molar-refractivity contribution is 6.72. The number of carbonyl (C=O) groups is 2. The Morgan fingerprint density at radius 2 is 2.14 bits per heavy atom. The summed E-state index contributed by atoms with van der Waals surface area (Å²) in [4.78, 5) is 27.6. The third-order valence-electron chi connectivity index (χ3n) is 7.68. The van der Waals surface area contributed by atoms with E-state index in [1.807, 2.05) is 25.1 Å². The number of ether oxygens (including phenoxy) is 1. The number of hydrogen-bond acceptors (Lipinski definition) is 6. The molecule has 0 unspecified atom stereocenters. The zero-order valence-electron chi connectivity index (χ0n) is 20.3. The maximum Gasteiger partial charge on any atom is 0.261 e. The van der Waals surface area contributed by atoms with Crippen molar-refractivity contribution >= 4 is 31.6 Å².